The first-order valence-electron chi connectivity index (χ1n) is 8.57. The third-order valence-electron chi connectivity index (χ3n) is 4.48. The molecule has 0 saturated carbocycles. The lowest BCUT2D eigenvalue weighted by Crippen LogP contribution is -2.26. The Morgan fingerprint density at radius 1 is 1.11 bits per heavy atom. The molecule has 0 aliphatic carbocycles. The molecule has 0 amide bonds. The zero-order chi connectivity index (χ0) is 18.5. The number of fused-ring (bicyclic) bond motifs is 1. The average molecular weight is 394 g/mol. The second-order valence-corrected chi connectivity index (χ2v) is 7.20. The highest BCUT2D eigenvalue weighted by Gasteiger charge is 2.17. The van der Waals surface area contributed by atoms with Crippen molar-refractivity contribution in [2.24, 2.45) is 0 Å². The van der Waals surface area contributed by atoms with Crippen molar-refractivity contribution in [1.82, 2.24) is 9.88 Å². The number of nitrogens with two attached hydrogens (primary N) is 1. The van der Waals surface area contributed by atoms with Crippen LogP contribution in [0.4, 0.5) is 5.13 Å². The summed E-state index contributed by atoms with van der Waals surface area (Å²) in [5.41, 5.74) is 8.00. The normalized spacial score (nSPS) is 14.3. The number of rotatable bonds is 6. The predicted molar refractivity (Wildman–Crippen MR) is 109 cm³/mol. The first-order valence-corrected chi connectivity index (χ1v) is 9.39. The van der Waals surface area contributed by atoms with Gasteiger partial charge in [-0.05, 0) is 24.1 Å². The van der Waals surface area contributed by atoms with E-state index in [0.717, 1.165) is 38.0 Å². The number of nitrogens with zero attached hydrogens (tertiary/aromatic N) is 2. The second kappa shape index (κ2) is 9.59. The van der Waals surface area contributed by atoms with E-state index < -0.39 is 0 Å². The maximum atomic E-state index is 5.81. The van der Waals surface area contributed by atoms with E-state index in [1.807, 2.05) is 12.1 Å². The Balaban J connectivity index is 0.00000261. The molecule has 0 bridgehead atoms. The molecular weight excluding hydrogens is 366 g/mol. The van der Waals surface area contributed by atoms with Gasteiger partial charge in [0.15, 0.2) is 16.6 Å². The summed E-state index contributed by atoms with van der Waals surface area (Å²) in [6.45, 7) is 2.91. The van der Waals surface area contributed by atoms with Crippen LogP contribution in [-0.2, 0) is 12.8 Å². The van der Waals surface area contributed by atoms with Crippen molar-refractivity contribution in [2.75, 3.05) is 46.7 Å². The lowest BCUT2D eigenvalue weighted by atomic mass is 10.1. The minimum absolute atomic E-state index is 0. The molecule has 1 aromatic heterocycles. The molecule has 2 aromatic rings. The van der Waals surface area contributed by atoms with E-state index in [1.54, 1.807) is 32.7 Å². The Morgan fingerprint density at radius 2 is 1.78 bits per heavy atom. The van der Waals surface area contributed by atoms with E-state index in [9.17, 15) is 0 Å². The zero-order valence-corrected chi connectivity index (χ0v) is 16.8. The number of aromatic nitrogens is 1. The Labute approximate surface area is 163 Å². The van der Waals surface area contributed by atoms with Gasteiger partial charge in [0.25, 0.3) is 0 Å². The van der Waals surface area contributed by atoms with Gasteiger partial charge in [-0.1, -0.05) is 12.2 Å². The van der Waals surface area contributed by atoms with Gasteiger partial charge in [0.05, 0.1) is 27.0 Å². The van der Waals surface area contributed by atoms with Crippen LogP contribution in [-0.4, -0.2) is 56.3 Å². The molecule has 27 heavy (non-hydrogen) atoms. The van der Waals surface area contributed by atoms with E-state index in [-0.39, 0.29) is 5.48 Å². The van der Waals surface area contributed by atoms with E-state index in [1.165, 1.54) is 10.6 Å². The smallest absolute Gasteiger partial charge is 0.203 e. The average Bonchev–Trinajstić information content (AvgIpc) is 2.91. The molecule has 148 valence electrons. The Bertz CT molecular complexity index is 741. The molecule has 0 unspecified atom stereocenters. The molecule has 0 saturated heterocycles. The van der Waals surface area contributed by atoms with Crippen LogP contribution in [0.5, 0.6) is 17.2 Å². The lowest BCUT2D eigenvalue weighted by Gasteiger charge is -2.17. The van der Waals surface area contributed by atoms with Gasteiger partial charge in [0, 0.05) is 30.9 Å². The fourth-order valence-electron chi connectivity index (χ4n) is 3.15. The largest absolute Gasteiger partial charge is 0.493 e. The number of anilines is 1. The molecule has 0 fully saturated rings. The number of benzene rings is 1. The first-order chi connectivity index (χ1) is 12.6. The second-order valence-electron chi connectivity index (χ2n) is 6.08. The fraction of sp³-hybridized carbons (Fsp3) is 0.421. The number of methoxy groups -OCH3 is 3. The third kappa shape index (κ3) is 4.91. The van der Waals surface area contributed by atoms with Crippen molar-refractivity contribution in [2.45, 2.75) is 12.8 Å². The number of thiazole rings is 1. The summed E-state index contributed by atoms with van der Waals surface area (Å²) >= 11 is 1.62. The van der Waals surface area contributed by atoms with Crippen LogP contribution in [0.2, 0.25) is 0 Å². The Morgan fingerprint density at radius 3 is 2.41 bits per heavy atom. The zero-order valence-electron chi connectivity index (χ0n) is 15.9. The van der Waals surface area contributed by atoms with Crippen LogP contribution in [0, 0.1) is 0 Å². The summed E-state index contributed by atoms with van der Waals surface area (Å²) < 4.78 is 16.2. The van der Waals surface area contributed by atoms with Crippen molar-refractivity contribution >= 4 is 22.5 Å². The molecule has 4 N–H and O–H groups in total. The number of hydrogen-bond donors (Lipinski definition) is 1. The van der Waals surface area contributed by atoms with Crippen LogP contribution < -0.4 is 19.9 Å². The van der Waals surface area contributed by atoms with Crippen molar-refractivity contribution < 1.29 is 19.7 Å². The highest BCUT2D eigenvalue weighted by Crippen LogP contribution is 2.38. The third-order valence-corrected chi connectivity index (χ3v) is 5.46. The Kier molecular flexibility index (Phi) is 7.46. The predicted octanol–water partition coefficient (Wildman–Crippen LogP) is 2.04. The maximum Gasteiger partial charge on any atom is 0.203 e. The van der Waals surface area contributed by atoms with Gasteiger partial charge in [-0.15, -0.1) is 11.3 Å². The van der Waals surface area contributed by atoms with E-state index in [2.05, 4.69) is 22.0 Å². The van der Waals surface area contributed by atoms with Gasteiger partial charge in [0.1, 0.15) is 0 Å². The van der Waals surface area contributed by atoms with E-state index in [0.29, 0.717) is 22.4 Å². The van der Waals surface area contributed by atoms with E-state index in [4.69, 9.17) is 19.9 Å². The standard InChI is InChI=1S/C19H25N3O3S.H2O/c1-23-15-11-13(12-16(24-2)18(15)25-3)5-4-8-22-9-6-14-17(7-10-22)26-19(20)21-14;/h4-5,11-12H,6-10H2,1-3H3,(H2,20,21);1H2. The highest BCUT2D eigenvalue weighted by atomic mass is 32.1. The molecule has 1 aliphatic heterocycles. The highest BCUT2D eigenvalue weighted by molar-refractivity contribution is 7.15. The molecule has 0 atom stereocenters. The summed E-state index contributed by atoms with van der Waals surface area (Å²) in [7, 11) is 4.86. The first kappa shape index (κ1) is 21.0. The van der Waals surface area contributed by atoms with Gasteiger partial charge < -0.3 is 25.4 Å². The van der Waals surface area contributed by atoms with Crippen LogP contribution in [0.25, 0.3) is 6.08 Å². The lowest BCUT2D eigenvalue weighted by molar-refractivity contribution is 0.318. The topological polar surface area (TPSA) is 101 Å². The molecular formula is C19H27N3O4S. The van der Waals surface area contributed by atoms with Crippen LogP contribution >= 0.6 is 11.3 Å². The van der Waals surface area contributed by atoms with Crippen molar-refractivity contribution in [3.8, 4) is 17.2 Å². The fourth-order valence-corrected chi connectivity index (χ4v) is 4.01. The van der Waals surface area contributed by atoms with Crippen LogP contribution in [0.3, 0.4) is 0 Å². The summed E-state index contributed by atoms with van der Waals surface area (Å²) in [4.78, 5) is 8.20. The van der Waals surface area contributed by atoms with Crippen LogP contribution in [0.1, 0.15) is 16.1 Å². The number of ether oxygens (including phenoxy) is 3. The van der Waals surface area contributed by atoms with Crippen molar-refractivity contribution in [3.05, 3.63) is 34.3 Å². The molecule has 7 nitrogen and oxygen atoms in total. The Hall–Kier alpha value is -2.29. The molecule has 0 radical (unpaired) electrons. The summed E-state index contributed by atoms with van der Waals surface area (Å²) in [6.07, 6.45) is 6.23. The van der Waals surface area contributed by atoms with Gasteiger partial charge in [0.2, 0.25) is 5.75 Å². The molecule has 2 heterocycles. The van der Waals surface area contributed by atoms with Crippen molar-refractivity contribution in [1.29, 1.82) is 0 Å². The van der Waals surface area contributed by atoms with Crippen LogP contribution in [0.15, 0.2) is 18.2 Å². The quantitative estimate of drug-likeness (QED) is 0.806. The van der Waals surface area contributed by atoms with Gasteiger partial charge >= 0.3 is 0 Å². The minimum atomic E-state index is 0. The molecule has 0 spiro atoms. The summed E-state index contributed by atoms with van der Waals surface area (Å²) in [5, 5.41) is 0.686. The molecule has 1 aliphatic rings. The van der Waals surface area contributed by atoms with Gasteiger partial charge in [-0.3, -0.25) is 4.90 Å². The monoisotopic (exact) mass is 393 g/mol. The van der Waals surface area contributed by atoms with E-state index >= 15 is 0 Å². The molecule has 3 rings (SSSR count). The molecule has 1 aromatic carbocycles. The summed E-state index contributed by atoms with van der Waals surface area (Å²) in [6, 6.07) is 3.90. The number of hydrogen-bond acceptors (Lipinski definition) is 7. The van der Waals surface area contributed by atoms with Gasteiger partial charge in [-0.25, -0.2) is 4.98 Å². The number of nitrogen functional groups attached to an aromatic ring is 1. The minimum Gasteiger partial charge on any atom is -0.493 e. The van der Waals surface area contributed by atoms with Gasteiger partial charge in [-0.2, -0.15) is 0 Å². The SMILES string of the molecule is COc1cc(C=CCN2CCc3nc(N)sc3CC2)cc(OC)c1OC.O. The maximum absolute atomic E-state index is 5.81. The summed E-state index contributed by atoms with van der Waals surface area (Å²) in [5.74, 6) is 1.93. The van der Waals surface area contributed by atoms with Crippen molar-refractivity contribution in [3.63, 3.8) is 0 Å². The molecule has 8 heteroatoms.